The molecule has 3 rings (SSSR count). The second-order valence-electron chi connectivity index (χ2n) is 5.04. The lowest BCUT2D eigenvalue weighted by Gasteiger charge is -2.23. The van der Waals surface area contributed by atoms with Gasteiger partial charge in [0.15, 0.2) is 0 Å². The summed E-state index contributed by atoms with van der Waals surface area (Å²) in [5.41, 5.74) is 2.82. The molecule has 2 unspecified atom stereocenters. The third kappa shape index (κ3) is 1.40. The van der Waals surface area contributed by atoms with Crippen LogP contribution in [0.4, 0.5) is 8.78 Å². The molecular weight excluding hydrogens is 218 g/mol. The van der Waals surface area contributed by atoms with E-state index in [9.17, 15) is 8.78 Å². The Labute approximate surface area is 99.7 Å². The van der Waals surface area contributed by atoms with Crippen LogP contribution in [-0.4, -0.2) is 0 Å². The highest BCUT2D eigenvalue weighted by Gasteiger charge is 2.52. The van der Waals surface area contributed by atoms with Crippen LogP contribution < -0.4 is 0 Å². The van der Waals surface area contributed by atoms with Crippen LogP contribution in [0.15, 0.2) is 42.0 Å². The Morgan fingerprint density at radius 1 is 1.18 bits per heavy atom. The van der Waals surface area contributed by atoms with E-state index in [-0.39, 0.29) is 11.5 Å². The van der Waals surface area contributed by atoms with Gasteiger partial charge in [-0.3, -0.25) is 0 Å². The van der Waals surface area contributed by atoms with Crippen LogP contribution in [0.5, 0.6) is 0 Å². The minimum atomic E-state index is -2.74. The average Bonchev–Trinajstić information content (AvgIpc) is 2.49. The summed E-state index contributed by atoms with van der Waals surface area (Å²) >= 11 is 0. The van der Waals surface area contributed by atoms with E-state index >= 15 is 0 Å². The molecule has 17 heavy (non-hydrogen) atoms. The fourth-order valence-corrected chi connectivity index (χ4v) is 2.87. The Hall–Kier alpha value is -1.44. The largest absolute Gasteiger partial charge is 0.280 e. The maximum Gasteiger partial charge on any atom is 0.280 e. The molecule has 0 spiro atoms. The summed E-state index contributed by atoms with van der Waals surface area (Å²) in [4.78, 5) is 0. The molecule has 0 saturated heterocycles. The number of rotatable bonds is 0. The first kappa shape index (κ1) is 10.7. The number of hydrogen-bond donors (Lipinski definition) is 0. The van der Waals surface area contributed by atoms with Crippen LogP contribution >= 0.6 is 0 Å². The van der Waals surface area contributed by atoms with Gasteiger partial charge in [-0.2, -0.15) is 0 Å². The standard InChI is InChI=1S/C15H14F2/c1-9-3-5-11-12-6-4-10(2)8-14(12)15(16,17)13(11)7-9/h3-8,11,13H,1-2H3. The normalized spacial score (nSPS) is 28.6. The molecule has 1 aromatic rings. The second-order valence-corrected chi connectivity index (χ2v) is 5.04. The SMILES string of the molecule is CC1=CC2C(C=C1)c1ccc(C)cc1C2(F)F. The third-order valence-corrected chi connectivity index (χ3v) is 3.74. The molecule has 0 saturated carbocycles. The van der Waals surface area contributed by atoms with Crippen molar-refractivity contribution in [3.8, 4) is 0 Å². The van der Waals surface area contributed by atoms with Crippen LogP contribution in [0.1, 0.15) is 29.5 Å². The molecule has 0 aliphatic heterocycles. The van der Waals surface area contributed by atoms with Crippen LogP contribution in [0.3, 0.4) is 0 Å². The minimum Gasteiger partial charge on any atom is -0.201 e. The Balaban J connectivity index is 2.21. The van der Waals surface area contributed by atoms with Gasteiger partial charge in [-0.05, 0) is 25.5 Å². The topological polar surface area (TPSA) is 0 Å². The van der Waals surface area contributed by atoms with Crippen LogP contribution in [-0.2, 0) is 5.92 Å². The zero-order valence-electron chi connectivity index (χ0n) is 9.87. The first-order valence-electron chi connectivity index (χ1n) is 5.85. The fourth-order valence-electron chi connectivity index (χ4n) is 2.87. The van der Waals surface area contributed by atoms with Gasteiger partial charge < -0.3 is 0 Å². The highest BCUT2D eigenvalue weighted by atomic mass is 19.3. The lowest BCUT2D eigenvalue weighted by molar-refractivity contribution is -0.0383. The summed E-state index contributed by atoms with van der Waals surface area (Å²) in [5.74, 6) is -3.61. The van der Waals surface area contributed by atoms with Gasteiger partial charge in [0.2, 0.25) is 0 Å². The third-order valence-electron chi connectivity index (χ3n) is 3.74. The zero-order valence-corrected chi connectivity index (χ0v) is 9.87. The van der Waals surface area contributed by atoms with Crippen molar-refractivity contribution in [2.24, 2.45) is 5.92 Å². The molecule has 2 aliphatic carbocycles. The van der Waals surface area contributed by atoms with Crippen molar-refractivity contribution in [1.29, 1.82) is 0 Å². The number of aryl methyl sites for hydroxylation is 1. The van der Waals surface area contributed by atoms with E-state index in [1.807, 2.05) is 38.1 Å². The Morgan fingerprint density at radius 2 is 1.94 bits per heavy atom. The van der Waals surface area contributed by atoms with E-state index in [4.69, 9.17) is 0 Å². The van der Waals surface area contributed by atoms with E-state index in [1.165, 1.54) is 0 Å². The number of allylic oxidation sites excluding steroid dienone is 4. The minimum absolute atomic E-state index is 0.163. The summed E-state index contributed by atoms with van der Waals surface area (Å²) in [5, 5.41) is 0. The molecule has 2 aliphatic rings. The van der Waals surface area contributed by atoms with E-state index in [2.05, 4.69) is 0 Å². The van der Waals surface area contributed by atoms with Crippen molar-refractivity contribution < 1.29 is 8.78 Å². The van der Waals surface area contributed by atoms with Gasteiger partial charge in [0.1, 0.15) is 0 Å². The van der Waals surface area contributed by atoms with E-state index in [1.54, 1.807) is 12.1 Å². The number of benzene rings is 1. The predicted octanol–water partition coefficient (Wildman–Crippen LogP) is 4.32. The first-order valence-corrected chi connectivity index (χ1v) is 5.85. The molecular formula is C15H14F2. The summed E-state index contributed by atoms with van der Waals surface area (Å²) in [6.45, 7) is 3.73. The zero-order chi connectivity index (χ0) is 12.2. The Morgan fingerprint density at radius 3 is 2.71 bits per heavy atom. The molecule has 0 heterocycles. The van der Waals surface area contributed by atoms with Crippen molar-refractivity contribution in [3.05, 3.63) is 58.7 Å². The quantitative estimate of drug-likeness (QED) is 0.625. The van der Waals surface area contributed by atoms with Gasteiger partial charge >= 0.3 is 0 Å². The molecule has 2 heteroatoms. The molecule has 0 fully saturated rings. The fraction of sp³-hybridized carbons (Fsp3) is 0.333. The molecule has 0 bridgehead atoms. The molecule has 0 aromatic heterocycles. The van der Waals surface area contributed by atoms with Crippen molar-refractivity contribution in [1.82, 2.24) is 0 Å². The maximum atomic E-state index is 14.3. The van der Waals surface area contributed by atoms with Gasteiger partial charge in [0, 0.05) is 11.5 Å². The lowest BCUT2D eigenvalue weighted by Crippen LogP contribution is -2.22. The van der Waals surface area contributed by atoms with Crippen molar-refractivity contribution in [3.63, 3.8) is 0 Å². The summed E-state index contributed by atoms with van der Waals surface area (Å²) < 4.78 is 28.7. The molecule has 0 radical (unpaired) electrons. The van der Waals surface area contributed by atoms with Gasteiger partial charge in [0.05, 0.1) is 5.92 Å². The highest BCUT2D eigenvalue weighted by molar-refractivity contribution is 5.49. The predicted molar refractivity (Wildman–Crippen MR) is 64.2 cm³/mol. The molecule has 1 aromatic carbocycles. The first-order chi connectivity index (χ1) is 8.00. The number of alkyl halides is 2. The summed E-state index contributed by atoms with van der Waals surface area (Å²) in [6, 6.07) is 5.39. The number of hydrogen-bond acceptors (Lipinski definition) is 0. The highest BCUT2D eigenvalue weighted by Crippen LogP contribution is 2.55. The van der Waals surface area contributed by atoms with Crippen molar-refractivity contribution in [2.75, 3.05) is 0 Å². The Bertz CT molecular complexity index is 538. The van der Waals surface area contributed by atoms with Crippen molar-refractivity contribution in [2.45, 2.75) is 25.7 Å². The molecule has 88 valence electrons. The van der Waals surface area contributed by atoms with E-state index < -0.39 is 11.8 Å². The van der Waals surface area contributed by atoms with Crippen LogP contribution in [0.2, 0.25) is 0 Å². The summed E-state index contributed by atoms with van der Waals surface area (Å²) in [6.07, 6.45) is 5.56. The van der Waals surface area contributed by atoms with Gasteiger partial charge in [-0.25, -0.2) is 8.78 Å². The van der Waals surface area contributed by atoms with Crippen LogP contribution in [0.25, 0.3) is 0 Å². The number of halogens is 2. The molecule has 0 N–H and O–H groups in total. The second kappa shape index (κ2) is 3.28. The van der Waals surface area contributed by atoms with Crippen LogP contribution in [0, 0.1) is 12.8 Å². The molecule has 2 atom stereocenters. The summed E-state index contributed by atoms with van der Waals surface area (Å²) in [7, 11) is 0. The van der Waals surface area contributed by atoms with E-state index in [0.717, 1.165) is 16.7 Å². The number of fused-ring (bicyclic) bond motifs is 3. The molecule has 0 nitrogen and oxygen atoms in total. The van der Waals surface area contributed by atoms with Gasteiger partial charge in [-0.15, -0.1) is 0 Å². The van der Waals surface area contributed by atoms with Gasteiger partial charge in [0.25, 0.3) is 5.92 Å². The van der Waals surface area contributed by atoms with E-state index in [0.29, 0.717) is 0 Å². The average molecular weight is 232 g/mol. The Kier molecular flexibility index (Phi) is 2.07. The lowest BCUT2D eigenvalue weighted by atomic mass is 9.85. The molecule has 0 amide bonds. The smallest absolute Gasteiger partial charge is 0.201 e. The maximum absolute atomic E-state index is 14.3. The monoisotopic (exact) mass is 232 g/mol. The van der Waals surface area contributed by atoms with Gasteiger partial charge in [-0.1, -0.05) is 41.5 Å². The van der Waals surface area contributed by atoms with Crippen molar-refractivity contribution >= 4 is 0 Å².